The molecule has 2 aromatic rings. The van der Waals surface area contributed by atoms with Gasteiger partial charge >= 0.3 is 17.9 Å². The van der Waals surface area contributed by atoms with Gasteiger partial charge < -0.3 is 69.3 Å². The topological polar surface area (TPSA) is 478 Å². The molecule has 0 fully saturated rings. The number of amides is 7. The third-order valence-corrected chi connectivity index (χ3v) is 15.3. The lowest BCUT2D eigenvalue weighted by Gasteiger charge is -2.30. The molecule has 0 bridgehead atoms. The number of carbonyl (C=O) groups is 14. The number of rotatable bonds is 44. The highest BCUT2D eigenvalue weighted by Crippen LogP contribution is 2.24. The van der Waals surface area contributed by atoms with Gasteiger partial charge in [-0.2, -0.15) is 0 Å². The number of nitrogens with two attached hydrogens (primary N) is 3. The number of aliphatic hydroxyl groups excluding tert-OH is 1. The van der Waals surface area contributed by atoms with Crippen LogP contribution < -0.4 is 43.8 Å². The average Bonchev–Trinajstić information content (AvgIpc) is 3.65. The molecule has 2 rings (SSSR count). The maximum Gasteiger partial charge on any atom is 0.304 e. The van der Waals surface area contributed by atoms with Gasteiger partial charge in [0.15, 0.2) is 23.1 Å². The van der Waals surface area contributed by atoms with Crippen LogP contribution in [0.3, 0.4) is 0 Å². The number of benzene rings is 2. The number of aliphatic hydroxyl groups is 1. The van der Waals surface area contributed by atoms with Crippen molar-refractivity contribution in [3.63, 3.8) is 0 Å². The summed E-state index contributed by atoms with van der Waals surface area (Å²) in [5.74, 6) is -20.4. The average molecular weight is 1270 g/mol. The molecule has 0 saturated carbocycles. The van der Waals surface area contributed by atoms with E-state index in [0.29, 0.717) is 11.1 Å². The third-order valence-electron chi connectivity index (χ3n) is 15.3. The van der Waals surface area contributed by atoms with Crippen molar-refractivity contribution >= 4 is 82.4 Å². The lowest BCUT2D eigenvalue weighted by atomic mass is 9.87. The van der Waals surface area contributed by atoms with Gasteiger partial charge in [0.2, 0.25) is 41.4 Å². The number of hydrogen-bond donors (Lipinski definition) is 13. The summed E-state index contributed by atoms with van der Waals surface area (Å²) in [6, 6.07) is 6.70. The quantitative estimate of drug-likeness (QED) is 0.0448. The molecule has 2 aromatic carbocycles. The van der Waals surface area contributed by atoms with Crippen LogP contribution in [0.2, 0.25) is 0 Å². The van der Waals surface area contributed by atoms with Gasteiger partial charge in [0, 0.05) is 62.7 Å². The molecule has 0 saturated heterocycles. The number of ketones is 4. The zero-order valence-corrected chi connectivity index (χ0v) is 52.4. The van der Waals surface area contributed by atoms with E-state index < -0.39 is 224 Å². The number of aliphatic carboxylic acids is 3. The summed E-state index contributed by atoms with van der Waals surface area (Å²) < 4.78 is 0. The molecule has 0 aromatic heterocycles. The zero-order valence-electron chi connectivity index (χ0n) is 52.4. The Morgan fingerprint density at radius 2 is 0.933 bits per heavy atom. The number of phenolic OH excluding ortho intramolecular Hbond substituents is 1. The molecule has 7 amide bonds. The van der Waals surface area contributed by atoms with Crippen LogP contribution in [0, 0.1) is 47.3 Å². The molecule has 0 spiro atoms. The second-order valence-electron chi connectivity index (χ2n) is 24.4. The summed E-state index contributed by atoms with van der Waals surface area (Å²) in [5.41, 5.74) is 17.8. The smallest absolute Gasteiger partial charge is 0.304 e. The van der Waals surface area contributed by atoms with Crippen molar-refractivity contribution in [3.05, 3.63) is 65.7 Å². The van der Waals surface area contributed by atoms with Crippen LogP contribution in [0.5, 0.6) is 5.75 Å². The fraction of sp³-hybridized carbons (Fsp3) is 0.587. The maximum atomic E-state index is 14.7. The Morgan fingerprint density at radius 3 is 1.44 bits per heavy atom. The fourth-order valence-corrected chi connectivity index (χ4v) is 10.1. The Balaban J connectivity index is 2.42. The number of carbonyl (C=O) groups excluding carboxylic acids is 11. The minimum Gasteiger partial charge on any atom is -0.508 e. The van der Waals surface area contributed by atoms with E-state index in [1.165, 1.54) is 38.1 Å². The van der Waals surface area contributed by atoms with Crippen molar-refractivity contribution in [1.29, 1.82) is 0 Å². The molecule has 16 N–H and O–H groups in total. The Hall–Kier alpha value is -8.46. The molecule has 12 atom stereocenters. The summed E-state index contributed by atoms with van der Waals surface area (Å²) in [6.07, 6.45) is -7.16. The highest BCUT2D eigenvalue weighted by Gasteiger charge is 2.38. The van der Waals surface area contributed by atoms with Gasteiger partial charge in [-0.05, 0) is 79.5 Å². The summed E-state index contributed by atoms with van der Waals surface area (Å²) in [7, 11) is 0. The van der Waals surface area contributed by atoms with Gasteiger partial charge in [-0.25, -0.2) is 0 Å². The number of Topliss-reactive ketones (excluding diaryl/α,β-unsaturated/α-hetero) is 4. The number of nitrogens with one attached hydrogen (secondary N) is 5. The van der Waals surface area contributed by atoms with E-state index in [4.69, 9.17) is 22.3 Å². The Bertz CT molecular complexity index is 2830. The normalized spacial score (nSPS) is 15.4. The molecule has 90 heavy (non-hydrogen) atoms. The number of hydrogen-bond acceptors (Lipinski definition) is 17. The van der Waals surface area contributed by atoms with Crippen molar-refractivity contribution in [2.75, 3.05) is 0 Å². The van der Waals surface area contributed by atoms with Crippen molar-refractivity contribution in [2.24, 2.45) is 64.5 Å². The third kappa shape index (κ3) is 28.4. The van der Waals surface area contributed by atoms with Crippen molar-refractivity contribution in [3.8, 4) is 5.75 Å². The van der Waals surface area contributed by atoms with E-state index in [0.717, 1.165) is 0 Å². The van der Waals surface area contributed by atoms with E-state index in [1.807, 2.05) is 13.8 Å². The first-order valence-corrected chi connectivity index (χ1v) is 30.1. The summed E-state index contributed by atoms with van der Waals surface area (Å²) >= 11 is 0. The maximum absolute atomic E-state index is 14.7. The second-order valence-corrected chi connectivity index (χ2v) is 24.4. The van der Waals surface area contributed by atoms with E-state index >= 15 is 0 Å². The van der Waals surface area contributed by atoms with Gasteiger partial charge in [-0.15, -0.1) is 0 Å². The van der Waals surface area contributed by atoms with E-state index in [2.05, 4.69) is 26.6 Å². The summed E-state index contributed by atoms with van der Waals surface area (Å²) in [6.45, 7) is 13.0. The van der Waals surface area contributed by atoms with Crippen LogP contribution in [0.1, 0.15) is 144 Å². The molecule has 0 aliphatic carbocycles. The number of carboxylic acid groups (broad SMARTS) is 3. The van der Waals surface area contributed by atoms with Crippen LogP contribution in [-0.2, 0) is 80.0 Å². The lowest BCUT2D eigenvalue weighted by molar-refractivity contribution is -0.141. The lowest BCUT2D eigenvalue weighted by Crippen LogP contribution is -2.52. The molecule has 498 valence electrons. The van der Waals surface area contributed by atoms with Gasteiger partial charge in [0.1, 0.15) is 5.75 Å². The van der Waals surface area contributed by atoms with Crippen LogP contribution in [0.4, 0.5) is 0 Å². The minimum absolute atomic E-state index is 0.0370. The Morgan fingerprint density at radius 1 is 0.456 bits per heavy atom. The van der Waals surface area contributed by atoms with Crippen LogP contribution >= 0.6 is 0 Å². The predicted molar refractivity (Wildman–Crippen MR) is 326 cm³/mol. The number of aromatic hydroxyl groups is 1. The zero-order chi connectivity index (χ0) is 68.3. The number of carboxylic acids is 3. The molecule has 0 radical (unpaired) electrons. The van der Waals surface area contributed by atoms with Gasteiger partial charge in [-0.1, -0.05) is 97.9 Å². The largest absolute Gasteiger partial charge is 0.508 e. The fourth-order valence-electron chi connectivity index (χ4n) is 10.1. The summed E-state index contributed by atoms with van der Waals surface area (Å²) in [5, 5.41) is 62.5. The van der Waals surface area contributed by atoms with Crippen molar-refractivity contribution < 1.29 is 92.7 Å². The van der Waals surface area contributed by atoms with Crippen LogP contribution in [0.15, 0.2) is 54.6 Å². The Kier molecular flexibility index (Phi) is 32.9. The highest BCUT2D eigenvalue weighted by molar-refractivity contribution is 5.98. The molecular weight excluding hydrogens is 1170 g/mol. The number of primary amides is 2. The number of phenols is 1. The monoisotopic (exact) mass is 1260 g/mol. The van der Waals surface area contributed by atoms with E-state index in [1.54, 1.807) is 58.0 Å². The summed E-state index contributed by atoms with van der Waals surface area (Å²) in [4.78, 5) is 183. The first-order chi connectivity index (χ1) is 42.0. The highest BCUT2D eigenvalue weighted by atomic mass is 16.4. The van der Waals surface area contributed by atoms with E-state index in [9.17, 15) is 87.5 Å². The minimum atomic E-state index is -1.52. The molecule has 0 aliphatic rings. The second kappa shape index (κ2) is 38.2. The molecular formula is C63H92N8O19. The van der Waals surface area contributed by atoms with Gasteiger partial charge in [0.25, 0.3) is 0 Å². The SMILES string of the molecule is CC(C)C[C@H](NC(=O)[C@H](CC(N)=O)CC(=O)[C@@H](NC(=O)[C@@H](N)CCC(=O)O)C(C)C)[C@@H](O)C[C@@H](C)C(=O)N[C@H](C(=O)C[C@@H](Cc1ccccc1)C(=O)N[C@@H](Cc1ccc(O)cc1)C(=O)C[C@@H](C)C(=O)N[C@@H](CCC(=O)O)C(=O)C[C@@H](CC(=O)O)C(N)=O)C(C)C. The molecule has 27 heteroatoms. The molecule has 27 nitrogen and oxygen atoms in total. The standard InChI is InChI=1S/C63H92N8O19/c1-32(2)22-45(68-62(89)41(30-52(65)78)29-51(77)57(34(5)6)71-63(90)43(64)18-20-53(79)80)47(73)24-36(8)60(87)70-56(33(3)4)50(76)28-40(25-37-12-10-9-11-13-37)61(88)69-46(26-38-14-16-42(72)17-15-38)48(74)23-35(7)59(86)67-44(19-21-54(81)82)49(75)27-39(58(66)85)31-55(83)84/h9-17,32-36,39-41,43-47,56-57,72-73H,18-31,64H2,1-8H3,(H2,65,78)(H2,66,85)(H,67,86)(H,68,89)(H,69,88)(H,70,87)(H,71,90)(H,79,80)(H,81,82)(H,83,84)/t35-,36-,39+,40-,41+,43+,44+,45+,46+,47+,56+,57+/m1/s1. The van der Waals surface area contributed by atoms with E-state index in [-0.39, 0.29) is 43.8 Å². The molecule has 0 aliphatic heterocycles. The van der Waals surface area contributed by atoms with Crippen molar-refractivity contribution in [1.82, 2.24) is 26.6 Å². The first kappa shape index (κ1) is 77.6. The van der Waals surface area contributed by atoms with Crippen LogP contribution in [-0.4, -0.2) is 150 Å². The van der Waals surface area contributed by atoms with Gasteiger partial charge in [-0.3, -0.25) is 67.1 Å². The Labute approximate surface area is 523 Å². The van der Waals surface area contributed by atoms with Crippen LogP contribution in [0.25, 0.3) is 0 Å². The van der Waals surface area contributed by atoms with Gasteiger partial charge in [0.05, 0.1) is 60.6 Å². The molecule has 0 heterocycles. The molecule has 0 unspecified atom stereocenters. The van der Waals surface area contributed by atoms with Crippen molar-refractivity contribution in [2.45, 2.75) is 188 Å². The predicted octanol–water partition coefficient (Wildman–Crippen LogP) is 1.56. The first-order valence-electron chi connectivity index (χ1n) is 30.1.